The molecule has 1 aliphatic heterocycles. The first kappa shape index (κ1) is 12.9. The molecular formula is C14H13N3O2S. The van der Waals surface area contributed by atoms with Crippen molar-refractivity contribution in [3.63, 3.8) is 0 Å². The number of hydrogen-bond donors (Lipinski definition) is 1. The largest absolute Gasteiger partial charge is 0.367 e. The van der Waals surface area contributed by atoms with E-state index in [-0.39, 0.29) is 16.0 Å². The summed E-state index contributed by atoms with van der Waals surface area (Å²) in [6, 6.07) is 2.01. The molecule has 1 unspecified atom stereocenters. The molecule has 1 atom stereocenters. The van der Waals surface area contributed by atoms with E-state index in [9.17, 15) is 10.1 Å². The van der Waals surface area contributed by atoms with Crippen LogP contribution in [-0.4, -0.2) is 15.3 Å². The predicted octanol–water partition coefficient (Wildman–Crippen LogP) is 3.28. The van der Waals surface area contributed by atoms with Gasteiger partial charge in [0.25, 0.3) is 5.70 Å². The van der Waals surface area contributed by atoms with Crippen molar-refractivity contribution in [2.75, 3.05) is 5.32 Å². The minimum atomic E-state index is -0.317. The predicted molar refractivity (Wildman–Crippen MR) is 79.2 cm³/mol. The highest BCUT2D eigenvalue weighted by Crippen LogP contribution is 2.42. The van der Waals surface area contributed by atoms with Gasteiger partial charge in [-0.2, -0.15) is 0 Å². The molecule has 102 valence electrons. The fourth-order valence-electron chi connectivity index (χ4n) is 2.21. The minimum Gasteiger partial charge on any atom is -0.367 e. The van der Waals surface area contributed by atoms with Gasteiger partial charge in [0.05, 0.1) is 16.2 Å². The van der Waals surface area contributed by atoms with Crippen molar-refractivity contribution in [3.8, 4) is 0 Å². The molecule has 0 amide bonds. The van der Waals surface area contributed by atoms with Crippen molar-refractivity contribution < 1.29 is 4.92 Å². The highest BCUT2D eigenvalue weighted by Gasteiger charge is 2.32. The van der Waals surface area contributed by atoms with E-state index in [0.717, 1.165) is 16.3 Å². The van der Waals surface area contributed by atoms with Gasteiger partial charge in [-0.25, -0.2) is 4.98 Å². The second-order valence-electron chi connectivity index (χ2n) is 4.64. The summed E-state index contributed by atoms with van der Waals surface area (Å²) >= 11 is 1.51. The van der Waals surface area contributed by atoms with Gasteiger partial charge in [-0.3, -0.25) is 10.1 Å². The summed E-state index contributed by atoms with van der Waals surface area (Å²) in [7, 11) is 0. The number of allylic oxidation sites excluding steroid dienone is 4. The summed E-state index contributed by atoms with van der Waals surface area (Å²) in [5.41, 5.74) is 2.86. The zero-order valence-electron chi connectivity index (χ0n) is 10.9. The highest BCUT2D eigenvalue weighted by molar-refractivity contribution is 8.00. The SMILES string of the molecule is Cc1cnc2c(c1)NC(C1=CC=CCC=C1[N+](=O)[O-])S2. The summed E-state index contributed by atoms with van der Waals surface area (Å²) in [6.45, 7) is 1.98. The van der Waals surface area contributed by atoms with Gasteiger partial charge in [0.1, 0.15) is 10.4 Å². The number of fused-ring (bicyclic) bond motifs is 1. The highest BCUT2D eigenvalue weighted by atomic mass is 32.2. The number of pyridine rings is 1. The number of nitro groups is 1. The van der Waals surface area contributed by atoms with Crippen LogP contribution in [0.1, 0.15) is 12.0 Å². The smallest absolute Gasteiger partial charge is 0.271 e. The molecule has 1 aromatic heterocycles. The molecule has 0 bridgehead atoms. The average Bonchev–Trinajstić information content (AvgIpc) is 2.66. The maximum atomic E-state index is 11.2. The van der Waals surface area contributed by atoms with Crippen molar-refractivity contribution in [1.82, 2.24) is 4.98 Å². The molecule has 0 aromatic carbocycles. The van der Waals surface area contributed by atoms with E-state index in [1.165, 1.54) is 11.8 Å². The van der Waals surface area contributed by atoms with Crippen LogP contribution in [0.3, 0.4) is 0 Å². The lowest BCUT2D eigenvalue weighted by molar-refractivity contribution is -0.421. The quantitative estimate of drug-likeness (QED) is 0.668. The van der Waals surface area contributed by atoms with Crippen molar-refractivity contribution in [2.45, 2.75) is 23.7 Å². The lowest BCUT2D eigenvalue weighted by Crippen LogP contribution is -2.18. The van der Waals surface area contributed by atoms with Crippen LogP contribution < -0.4 is 5.32 Å². The Bertz CT molecular complexity index is 664. The van der Waals surface area contributed by atoms with Gasteiger partial charge >= 0.3 is 0 Å². The minimum absolute atomic E-state index is 0.168. The number of hydrogen-bond acceptors (Lipinski definition) is 5. The molecular weight excluding hydrogens is 274 g/mol. The van der Waals surface area contributed by atoms with Crippen LogP contribution in [0.5, 0.6) is 0 Å². The number of aryl methyl sites for hydroxylation is 1. The first-order valence-corrected chi connectivity index (χ1v) is 7.14. The van der Waals surface area contributed by atoms with E-state index in [4.69, 9.17) is 0 Å². The summed E-state index contributed by atoms with van der Waals surface area (Å²) in [5.74, 6) is 0. The topological polar surface area (TPSA) is 68.1 Å². The van der Waals surface area contributed by atoms with Gasteiger partial charge < -0.3 is 5.32 Å². The standard InChI is InChI=1S/C14H13N3O2S/c1-9-7-11-14(15-8-9)20-13(16-11)10-5-3-2-4-6-12(10)17(18)19/h2-3,5-8,13,16H,4H2,1H3. The Hall–Kier alpha value is -2.08. The molecule has 1 N–H and O–H groups in total. The second kappa shape index (κ2) is 5.13. The molecule has 5 nitrogen and oxygen atoms in total. The monoisotopic (exact) mass is 287 g/mol. The van der Waals surface area contributed by atoms with E-state index >= 15 is 0 Å². The summed E-state index contributed by atoms with van der Waals surface area (Å²) in [6.07, 6.45) is 9.63. The second-order valence-corrected chi connectivity index (χ2v) is 5.73. The third-order valence-corrected chi connectivity index (χ3v) is 4.29. The van der Waals surface area contributed by atoms with E-state index in [1.807, 2.05) is 37.4 Å². The van der Waals surface area contributed by atoms with Gasteiger partial charge in [0, 0.05) is 6.20 Å². The number of nitrogens with one attached hydrogen (secondary N) is 1. The molecule has 0 spiro atoms. The molecule has 0 saturated carbocycles. The number of aromatic nitrogens is 1. The molecule has 3 rings (SSSR count). The number of rotatable bonds is 2. The summed E-state index contributed by atoms with van der Waals surface area (Å²) in [4.78, 5) is 15.3. The zero-order valence-corrected chi connectivity index (χ0v) is 11.7. The molecule has 0 radical (unpaired) electrons. The maximum Gasteiger partial charge on any atom is 0.271 e. The molecule has 1 aliphatic carbocycles. The van der Waals surface area contributed by atoms with Gasteiger partial charge in [-0.05, 0) is 37.1 Å². The average molecular weight is 287 g/mol. The Labute approximate surface area is 120 Å². The van der Waals surface area contributed by atoms with Crippen LogP contribution in [0.15, 0.2) is 52.9 Å². The van der Waals surface area contributed by atoms with Gasteiger partial charge in [0.15, 0.2) is 0 Å². The fourth-order valence-corrected chi connectivity index (χ4v) is 3.31. The lowest BCUT2D eigenvalue weighted by atomic mass is 10.1. The molecule has 0 fully saturated rings. The van der Waals surface area contributed by atoms with Crippen molar-refractivity contribution in [2.24, 2.45) is 0 Å². The third-order valence-electron chi connectivity index (χ3n) is 3.14. The Morgan fingerprint density at radius 1 is 1.55 bits per heavy atom. The Morgan fingerprint density at radius 2 is 2.40 bits per heavy atom. The molecule has 1 aromatic rings. The zero-order chi connectivity index (χ0) is 14.1. The number of nitrogens with zero attached hydrogens (tertiary/aromatic N) is 2. The number of thioether (sulfide) groups is 1. The van der Waals surface area contributed by atoms with Gasteiger partial charge in [-0.15, -0.1) is 0 Å². The van der Waals surface area contributed by atoms with E-state index in [1.54, 1.807) is 6.08 Å². The summed E-state index contributed by atoms with van der Waals surface area (Å²) < 4.78 is 0. The van der Waals surface area contributed by atoms with E-state index in [2.05, 4.69) is 10.3 Å². The van der Waals surface area contributed by atoms with Crippen LogP contribution in [0.2, 0.25) is 0 Å². The van der Waals surface area contributed by atoms with Crippen LogP contribution in [0.4, 0.5) is 5.69 Å². The lowest BCUT2D eigenvalue weighted by Gasteiger charge is -2.12. The third kappa shape index (κ3) is 2.34. The Morgan fingerprint density at radius 3 is 3.20 bits per heavy atom. The molecule has 20 heavy (non-hydrogen) atoms. The Kier molecular flexibility index (Phi) is 3.31. The first-order chi connectivity index (χ1) is 9.65. The van der Waals surface area contributed by atoms with Crippen LogP contribution in [-0.2, 0) is 0 Å². The molecule has 0 saturated heterocycles. The van der Waals surface area contributed by atoms with Crippen molar-refractivity contribution in [3.05, 3.63) is 63.5 Å². The molecule has 6 heteroatoms. The molecule has 2 aliphatic rings. The Balaban J connectivity index is 1.92. The van der Waals surface area contributed by atoms with Crippen molar-refractivity contribution in [1.29, 1.82) is 0 Å². The molecule has 2 heterocycles. The van der Waals surface area contributed by atoms with Gasteiger partial charge in [0.2, 0.25) is 0 Å². The van der Waals surface area contributed by atoms with Crippen LogP contribution in [0.25, 0.3) is 0 Å². The van der Waals surface area contributed by atoms with E-state index in [0.29, 0.717) is 12.0 Å². The first-order valence-electron chi connectivity index (χ1n) is 6.26. The normalized spacial score (nSPS) is 20.6. The number of anilines is 1. The fraction of sp³-hybridized carbons (Fsp3) is 0.214. The van der Waals surface area contributed by atoms with Gasteiger partial charge in [-0.1, -0.05) is 23.9 Å². The van der Waals surface area contributed by atoms with Crippen LogP contribution >= 0.6 is 11.8 Å². The van der Waals surface area contributed by atoms with Crippen LogP contribution in [0, 0.1) is 17.0 Å². The summed E-state index contributed by atoms with van der Waals surface area (Å²) in [5, 5.41) is 15.2. The maximum absolute atomic E-state index is 11.2. The van der Waals surface area contributed by atoms with Crippen molar-refractivity contribution >= 4 is 17.4 Å². The van der Waals surface area contributed by atoms with E-state index < -0.39 is 0 Å².